The summed E-state index contributed by atoms with van der Waals surface area (Å²) in [6.07, 6.45) is 1.35. The lowest BCUT2D eigenvalue weighted by molar-refractivity contribution is -0.129. The van der Waals surface area contributed by atoms with E-state index in [1.807, 2.05) is 6.07 Å². The Bertz CT molecular complexity index is 1200. The lowest BCUT2D eigenvalue weighted by Crippen LogP contribution is -2.57. The van der Waals surface area contributed by atoms with Crippen molar-refractivity contribution in [1.82, 2.24) is 4.90 Å². The maximum atomic E-state index is 13.2. The molecule has 1 aliphatic heterocycles. The van der Waals surface area contributed by atoms with Gasteiger partial charge in [0.05, 0.1) is 18.8 Å². The second-order valence-electron chi connectivity index (χ2n) is 6.98. The summed E-state index contributed by atoms with van der Waals surface area (Å²) in [6, 6.07) is 18.2. The van der Waals surface area contributed by atoms with Crippen molar-refractivity contribution in [1.29, 1.82) is 0 Å². The second-order valence-corrected chi connectivity index (χ2v) is 7.42. The van der Waals surface area contributed by atoms with E-state index in [1.165, 1.54) is 13.2 Å². The van der Waals surface area contributed by atoms with Gasteiger partial charge in [-0.25, -0.2) is 9.69 Å². The Labute approximate surface area is 189 Å². The molecule has 4 rings (SSSR count). The third-order valence-electron chi connectivity index (χ3n) is 4.89. The minimum atomic E-state index is -0.723. The number of barbiturate groups is 1. The zero-order chi connectivity index (χ0) is 22.7. The Morgan fingerprint density at radius 3 is 2.47 bits per heavy atom. The molecule has 1 aromatic heterocycles. The lowest BCUT2D eigenvalue weighted by Gasteiger charge is -2.33. The highest BCUT2D eigenvalue weighted by atomic mass is 35.5. The number of ether oxygens (including phenoxy) is 1. The number of nitrogens with zero attached hydrogens (tertiary/aromatic N) is 2. The normalized spacial score (nSPS) is 15.7. The van der Waals surface area contributed by atoms with Gasteiger partial charge in [-0.05, 0) is 42.5 Å². The van der Waals surface area contributed by atoms with Gasteiger partial charge < -0.3 is 9.15 Å². The molecule has 0 bridgehead atoms. The fraction of sp³-hybridized carbons (Fsp3) is 0.125. The van der Waals surface area contributed by atoms with E-state index in [1.54, 1.807) is 60.7 Å². The molecule has 7 nitrogen and oxygen atoms in total. The molecule has 1 aliphatic rings. The van der Waals surface area contributed by atoms with Crippen LogP contribution in [0, 0.1) is 0 Å². The molecule has 1 saturated heterocycles. The topological polar surface area (TPSA) is 80.1 Å². The number of hydrogen-bond acceptors (Lipinski definition) is 5. The number of rotatable bonds is 6. The summed E-state index contributed by atoms with van der Waals surface area (Å²) in [5.41, 5.74) is 0.935. The summed E-state index contributed by atoms with van der Waals surface area (Å²) in [7, 11) is 1.47. The molecular weight excluding hydrogens is 432 g/mol. The highest BCUT2D eigenvalue weighted by Crippen LogP contribution is 2.29. The summed E-state index contributed by atoms with van der Waals surface area (Å²) >= 11 is 6.04. The van der Waals surface area contributed by atoms with Crippen LogP contribution in [0.2, 0.25) is 5.02 Å². The van der Waals surface area contributed by atoms with Gasteiger partial charge in [0.25, 0.3) is 11.8 Å². The number of para-hydroxylation sites is 1. The van der Waals surface area contributed by atoms with Crippen molar-refractivity contribution in [3.8, 4) is 11.3 Å². The number of furan rings is 1. The van der Waals surface area contributed by atoms with Crippen LogP contribution < -0.4 is 4.90 Å². The number of urea groups is 1. The summed E-state index contributed by atoms with van der Waals surface area (Å²) in [5, 5.41) is 0.558. The predicted octanol–water partition coefficient (Wildman–Crippen LogP) is 4.63. The number of anilines is 1. The van der Waals surface area contributed by atoms with Crippen LogP contribution in [0.3, 0.4) is 0 Å². The molecule has 32 heavy (non-hydrogen) atoms. The summed E-state index contributed by atoms with van der Waals surface area (Å²) in [4.78, 5) is 41.2. The van der Waals surface area contributed by atoms with Gasteiger partial charge in [-0.3, -0.25) is 14.5 Å². The first-order valence-electron chi connectivity index (χ1n) is 9.81. The Morgan fingerprint density at radius 2 is 1.75 bits per heavy atom. The van der Waals surface area contributed by atoms with Crippen LogP contribution in [0.25, 0.3) is 17.4 Å². The monoisotopic (exact) mass is 450 g/mol. The number of imide groups is 2. The molecule has 4 amide bonds. The smallest absolute Gasteiger partial charge is 0.338 e. The number of methoxy groups -OCH3 is 1. The molecule has 1 fully saturated rings. The van der Waals surface area contributed by atoms with E-state index in [0.29, 0.717) is 22.2 Å². The molecule has 8 heteroatoms. The Morgan fingerprint density at radius 1 is 0.969 bits per heavy atom. The van der Waals surface area contributed by atoms with Crippen molar-refractivity contribution in [2.24, 2.45) is 0 Å². The first-order valence-corrected chi connectivity index (χ1v) is 10.2. The number of carbonyl (C=O) groups is 3. The van der Waals surface area contributed by atoms with Crippen LogP contribution >= 0.6 is 11.6 Å². The molecule has 0 N–H and O–H groups in total. The number of halogens is 1. The molecule has 2 aromatic carbocycles. The summed E-state index contributed by atoms with van der Waals surface area (Å²) < 4.78 is 10.8. The van der Waals surface area contributed by atoms with E-state index < -0.39 is 17.8 Å². The number of amides is 4. The Kier molecular flexibility index (Phi) is 6.20. The maximum Gasteiger partial charge on any atom is 0.338 e. The van der Waals surface area contributed by atoms with Crippen molar-refractivity contribution >= 4 is 41.2 Å². The summed E-state index contributed by atoms with van der Waals surface area (Å²) in [6.45, 7) is 0.148. The highest BCUT2D eigenvalue weighted by Gasteiger charge is 2.42. The van der Waals surface area contributed by atoms with Crippen molar-refractivity contribution in [2.75, 3.05) is 25.2 Å². The second kappa shape index (κ2) is 9.21. The highest BCUT2D eigenvalue weighted by molar-refractivity contribution is 6.39. The van der Waals surface area contributed by atoms with Crippen molar-refractivity contribution in [2.45, 2.75) is 0 Å². The Balaban J connectivity index is 1.73. The van der Waals surface area contributed by atoms with E-state index >= 15 is 0 Å². The van der Waals surface area contributed by atoms with Crippen LogP contribution in [0.1, 0.15) is 5.76 Å². The molecule has 2 heterocycles. The average molecular weight is 451 g/mol. The minimum Gasteiger partial charge on any atom is -0.457 e. The van der Waals surface area contributed by atoms with Crippen molar-refractivity contribution in [3.05, 3.63) is 83.1 Å². The van der Waals surface area contributed by atoms with Crippen LogP contribution in [-0.2, 0) is 14.3 Å². The zero-order valence-corrected chi connectivity index (χ0v) is 17.9. The Hall–Kier alpha value is -3.68. The van der Waals surface area contributed by atoms with Gasteiger partial charge in [0.1, 0.15) is 17.1 Å². The van der Waals surface area contributed by atoms with E-state index in [0.717, 1.165) is 15.4 Å². The van der Waals surface area contributed by atoms with E-state index in [9.17, 15) is 14.4 Å². The predicted molar refractivity (Wildman–Crippen MR) is 120 cm³/mol. The van der Waals surface area contributed by atoms with Gasteiger partial charge in [0.2, 0.25) is 0 Å². The molecular formula is C24H19ClN2O5. The molecule has 0 saturated carbocycles. The molecule has 0 unspecified atom stereocenters. The van der Waals surface area contributed by atoms with Crippen LogP contribution in [0.5, 0.6) is 0 Å². The van der Waals surface area contributed by atoms with Crippen LogP contribution in [0.15, 0.2) is 76.7 Å². The molecule has 0 atom stereocenters. The number of carbonyl (C=O) groups excluding carboxylic acids is 3. The van der Waals surface area contributed by atoms with Gasteiger partial charge in [-0.2, -0.15) is 0 Å². The van der Waals surface area contributed by atoms with Gasteiger partial charge in [0.15, 0.2) is 0 Å². The molecule has 162 valence electrons. The molecule has 3 aromatic rings. The molecule has 0 spiro atoms. The van der Waals surface area contributed by atoms with Gasteiger partial charge in [-0.15, -0.1) is 0 Å². The minimum absolute atomic E-state index is 0.00798. The maximum absolute atomic E-state index is 13.2. The zero-order valence-electron chi connectivity index (χ0n) is 17.2. The largest absolute Gasteiger partial charge is 0.457 e. The fourth-order valence-corrected chi connectivity index (χ4v) is 3.52. The summed E-state index contributed by atoms with van der Waals surface area (Å²) in [5.74, 6) is -0.599. The SMILES string of the molecule is COCCN1C(=O)/C(=C/c2ccc(-c3cccc(Cl)c3)o2)C(=O)N(c2ccccc2)C1=O. The fourth-order valence-electron chi connectivity index (χ4n) is 3.33. The number of benzene rings is 2. The quantitative estimate of drug-likeness (QED) is 0.404. The first-order chi connectivity index (χ1) is 15.5. The van der Waals surface area contributed by atoms with E-state index in [4.69, 9.17) is 20.8 Å². The number of hydrogen-bond donors (Lipinski definition) is 0. The van der Waals surface area contributed by atoms with Crippen molar-refractivity contribution in [3.63, 3.8) is 0 Å². The van der Waals surface area contributed by atoms with Crippen molar-refractivity contribution < 1.29 is 23.5 Å². The van der Waals surface area contributed by atoms with Gasteiger partial charge in [-0.1, -0.05) is 41.9 Å². The van der Waals surface area contributed by atoms with Gasteiger partial charge >= 0.3 is 6.03 Å². The molecule has 0 radical (unpaired) electrons. The average Bonchev–Trinajstić information content (AvgIpc) is 3.26. The molecule has 0 aliphatic carbocycles. The van der Waals surface area contributed by atoms with Crippen LogP contribution in [0.4, 0.5) is 10.5 Å². The third-order valence-corrected chi connectivity index (χ3v) is 5.12. The van der Waals surface area contributed by atoms with Gasteiger partial charge in [0, 0.05) is 17.7 Å². The van der Waals surface area contributed by atoms with E-state index in [2.05, 4.69) is 0 Å². The third kappa shape index (κ3) is 4.21. The lowest BCUT2D eigenvalue weighted by atomic mass is 10.1. The van der Waals surface area contributed by atoms with E-state index in [-0.39, 0.29) is 18.7 Å². The standard InChI is InChI=1S/C24H19ClN2O5/c1-31-13-12-26-22(28)20(23(29)27(24(26)30)18-8-3-2-4-9-18)15-19-10-11-21(32-19)16-6-5-7-17(25)14-16/h2-11,14-15H,12-13H2,1H3/b20-15-. The van der Waals surface area contributed by atoms with Crippen LogP contribution in [-0.4, -0.2) is 43.0 Å². The first kappa shape index (κ1) is 21.5.